The fraction of sp³-hybridized carbons (Fsp3) is 0.0800. The van der Waals surface area contributed by atoms with Gasteiger partial charge in [0.15, 0.2) is 11.0 Å². The molecule has 0 aliphatic carbocycles. The predicted octanol–water partition coefficient (Wildman–Crippen LogP) is 4.75. The molecule has 36 heavy (non-hydrogen) atoms. The third-order valence-electron chi connectivity index (χ3n) is 5.41. The Morgan fingerprint density at radius 2 is 1.47 bits per heavy atom. The van der Waals surface area contributed by atoms with Gasteiger partial charge in [-0.15, -0.1) is 10.2 Å². The minimum absolute atomic E-state index is 0.0532. The summed E-state index contributed by atoms with van der Waals surface area (Å²) >= 11 is 12.2. The molecule has 1 N–H and O–H groups in total. The van der Waals surface area contributed by atoms with Gasteiger partial charge in [-0.05, 0) is 41.5 Å². The average Bonchev–Trinajstić information content (AvgIpc) is 3.23. The van der Waals surface area contributed by atoms with Crippen LogP contribution in [0.5, 0.6) is 0 Å². The van der Waals surface area contributed by atoms with E-state index in [1.807, 2.05) is 24.3 Å². The Hall–Kier alpha value is -3.82. The summed E-state index contributed by atoms with van der Waals surface area (Å²) in [6.45, 7) is 3.86. The van der Waals surface area contributed by atoms with Crippen LogP contribution in [0.15, 0.2) is 72.7 Å². The molecule has 5 rings (SSSR count). The molecule has 0 spiro atoms. The summed E-state index contributed by atoms with van der Waals surface area (Å²) in [5, 5.41) is 9.51. The van der Waals surface area contributed by atoms with E-state index in [0.29, 0.717) is 43.6 Å². The highest BCUT2D eigenvalue weighted by molar-refractivity contribution is 6.31. The van der Waals surface area contributed by atoms with Gasteiger partial charge < -0.3 is 4.74 Å². The van der Waals surface area contributed by atoms with Crippen molar-refractivity contribution < 1.29 is 17.9 Å². The van der Waals surface area contributed by atoms with Crippen molar-refractivity contribution in [3.8, 4) is 0 Å². The Morgan fingerprint density at radius 3 is 2.03 bits per heavy atom. The highest BCUT2D eigenvalue weighted by atomic mass is 35.5. The first-order chi connectivity index (χ1) is 17.2. The number of aromatic nitrogens is 4. The van der Waals surface area contributed by atoms with Crippen molar-refractivity contribution >= 4 is 40.9 Å². The van der Waals surface area contributed by atoms with E-state index in [2.05, 4.69) is 27.2 Å². The zero-order valence-electron chi connectivity index (χ0n) is 18.4. The normalized spacial score (nSPS) is 13.4. The second kappa shape index (κ2) is 9.33. The molecular formula is C25H16Cl2F3N5O. The summed E-state index contributed by atoms with van der Waals surface area (Å²) in [7, 11) is 0. The number of ether oxygens (including phenoxy) is 1. The summed E-state index contributed by atoms with van der Waals surface area (Å²) < 4.78 is 46.4. The number of nitrogens with one attached hydrogen (secondary N) is 1. The van der Waals surface area contributed by atoms with Crippen LogP contribution < -0.4 is 16.4 Å². The number of allylic oxidation sites excluding steroid dienone is 1. The zero-order chi connectivity index (χ0) is 25.4. The number of hydrogen-bond donors (Lipinski definition) is 1. The standard InChI is InChI=1S/C25H16Cl2F3N5O/c1-14-32-33-23-21(16-3-7-18(26)8-4-16)22(17-5-9-19(27)10-6-17)24(34-35(14)23)36-13-15-2-11-20(31-12-15)25(28,29)30/h2-12,34H,1,13H2. The lowest BCUT2D eigenvalue weighted by Crippen LogP contribution is -2.40. The van der Waals surface area contributed by atoms with Crippen LogP contribution >= 0.6 is 23.2 Å². The molecule has 4 aromatic rings. The predicted molar refractivity (Wildman–Crippen MR) is 131 cm³/mol. The van der Waals surface area contributed by atoms with Crippen molar-refractivity contribution in [3.63, 3.8) is 0 Å². The first-order valence-electron chi connectivity index (χ1n) is 10.5. The van der Waals surface area contributed by atoms with E-state index in [4.69, 9.17) is 27.9 Å². The highest BCUT2D eigenvalue weighted by Crippen LogP contribution is 2.35. The average molecular weight is 530 g/mol. The monoisotopic (exact) mass is 529 g/mol. The number of benzene rings is 2. The molecular weight excluding hydrogens is 514 g/mol. The van der Waals surface area contributed by atoms with Gasteiger partial charge >= 0.3 is 6.18 Å². The molecule has 0 bridgehead atoms. The van der Waals surface area contributed by atoms with Gasteiger partial charge in [0.05, 0.1) is 5.57 Å². The van der Waals surface area contributed by atoms with Crippen LogP contribution in [-0.4, -0.2) is 19.9 Å². The van der Waals surface area contributed by atoms with Gasteiger partial charge in [0, 0.05) is 27.4 Å². The lowest BCUT2D eigenvalue weighted by molar-refractivity contribution is -0.141. The molecule has 1 aliphatic heterocycles. The summed E-state index contributed by atoms with van der Waals surface area (Å²) in [6.07, 6.45) is -3.39. The van der Waals surface area contributed by atoms with Crippen LogP contribution in [0.4, 0.5) is 13.2 Å². The lowest BCUT2D eigenvalue weighted by Gasteiger charge is -2.24. The molecule has 0 atom stereocenters. The van der Waals surface area contributed by atoms with E-state index >= 15 is 0 Å². The highest BCUT2D eigenvalue weighted by Gasteiger charge is 2.32. The third kappa shape index (κ3) is 4.67. The number of pyridine rings is 1. The minimum Gasteiger partial charge on any atom is -0.473 e. The Kier molecular flexibility index (Phi) is 6.19. The molecule has 6 nitrogen and oxygen atoms in total. The summed E-state index contributed by atoms with van der Waals surface area (Å²) in [4.78, 5) is 3.50. The number of nitrogens with zero attached hydrogens (tertiary/aromatic N) is 4. The van der Waals surface area contributed by atoms with E-state index in [1.54, 1.807) is 28.9 Å². The van der Waals surface area contributed by atoms with Gasteiger partial charge in [0.25, 0.3) is 0 Å². The zero-order valence-corrected chi connectivity index (χ0v) is 19.9. The summed E-state index contributed by atoms with van der Waals surface area (Å²) in [6, 6.07) is 16.6. The number of fused-ring (bicyclic) bond motifs is 1. The van der Waals surface area contributed by atoms with Crippen LogP contribution in [0.1, 0.15) is 22.4 Å². The maximum Gasteiger partial charge on any atom is 0.433 e. The van der Waals surface area contributed by atoms with E-state index in [-0.39, 0.29) is 6.61 Å². The molecule has 0 fully saturated rings. The second-order valence-electron chi connectivity index (χ2n) is 7.82. The van der Waals surface area contributed by atoms with Crippen LogP contribution in [0.3, 0.4) is 0 Å². The lowest BCUT2D eigenvalue weighted by atomic mass is 9.92. The van der Waals surface area contributed by atoms with Gasteiger partial charge in [0.2, 0.25) is 5.88 Å². The molecule has 0 saturated heterocycles. The minimum atomic E-state index is -4.52. The Labute approximate surface area is 213 Å². The number of halogens is 5. The molecule has 182 valence electrons. The fourth-order valence-electron chi connectivity index (χ4n) is 3.70. The van der Waals surface area contributed by atoms with Crippen LogP contribution in [0.25, 0.3) is 17.7 Å². The first-order valence-corrected chi connectivity index (χ1v) is 11.3. The molecule has 3 heterocycles. The Bertz CT molecular complexity index is 1560. The second-order valence-corrected chi connectivity index (χ2v) is 8.69. The van der Waals surface area contributed by atoms with Crippen LogP contribution in [0.2, 0.25) is 10.0 Å². The van der Waals surface area contributed by atoms with Gasteiger partial charge in [-0.25, -0.2) is 4.68 Å². The molecule has 0 saturated carbocycles. The van der Waals surface area contributed by atoms with E-state index in [9.17, 15) is 13.2 Å². The van der Waals surface area contributed by atoms with Crippen molar-refractivity contribution in [1.82, 2.24) is 19.9 Å². The van der Waals surface area contributed by atoms with Crippen molar-refractivity contribution in [2.75, 3.05) is 5.43 Å². The Morgan fingerprint density at radius 1 is 0.861 bits per heavy atom. The van der Waals surface area contributed by atoms with Gasteiger partial charge in [0.1, 0.15) is 12.3 Å². The van der Waals surface area contributed by atoms with Gasteiger partial charge in [-0.1, -0.05) is 60.1 Å². The Balaban J connectivity index is 1.63. The number of rotatable bonds is 5. The van der Waals surface area contributed by atoms with Crippen LogP contribution in [-0.2, 0) is 17.5 Å². The fourth-order valence-corrected chi connectivity index (χ4v) is 3.95. The van der Waals surface area contributed by atoms with Crippen molar-refractivity contribution in [2.24, 2.45) is 0 Å². The molecule has 0 radical (unpaired) electrons. The van der Waals surface area contributed by atoms with Crippen molar-refractivity contribution in [2.45, 2.75) is 12.8 Å². The molecule has 2 aromatic heterocycles. The van der Waals surface area contributed by atoms with Crippen molar-refractivity contribution in [1.29, 1.82) is 0 Å². The van der Waals surface area contributed by atoms with Gasteiger partial charge in [-0.3, -0.25) is 10.4 Å². The number of hydrogen-bond acceptors (Lipinski definition) is 5. The summed E-state index contributed by atoms with van der Waals surface area (Å²) in [5.41, 5.74) is 6.33. The van der Waals surface area contributed by atoms with Crippen LogP contribution in [0, 0.1) is 0 Å². The van der Waals surface area contributed by atoms with E-state index in [1.165, 1.54) is 6.07 Å². The quantitative estimate of drug-likeness (QED) is 0.404. The molecule has 0 amide bonds. The molecule has 1 aliphatic rings. The smallest absolute Gasteiger partial charge is 0.433 e. The maximum atomic E-state index is 12.9. The third-order valence-corrected chi connectivity index (χ3v) is 5.91. The maximum absolute atomic E-state index is 12.9. The number of alkyl halides is 3. The topological polar surface area (TPSA) is 64.9 Å². The summed E-state index contributed by atoms with van der Waals surface area (Å²) in [5.74, 6) is 0.319. The molecule has 0 unspecified atom stereocenters. The van der Waals surface area contributed by atoms with Gasteiger partial charge in [-0.2, -0.15) is 13.2 Å². The largest absolute Gasteiger partial charge is 0.473 e. The van der Waals surface area contributed by atoms with Crippen molar-refractivity contribution in [3.05, 3.63) is 116 Å². The molecule has 11 heteroatoms. The van der Waals surface area contributed by atoms with E-state index in [0.717, 1.165) is 23.4 Å². The first kappa shape index (κ1) is 23.9. The molecule has 2 aromatic carbocycles. The SMILES string of the molecule is C=c1nnc2n1NC(OCc1ccc(C(F)(F)F)nc1)=C(c1ccc(Cl)cc1)C=2c1ccc(Cl)cc1. The van der Waals surface area contributed by atoms with E-state index < -0.39 is 11.9 Å².